The summed E-state index contributed by atoms with van der Waals surface area (Å²) in [5.74, 6) is 0.311. The zero-order valence-electron chi connectivity index (χ0n) is 15.3. The van der Waals surface area contributed by atoms with E-state index in [2.05, 4.69) is 40.4 Å². The van der Waals surface area contributed by atoms with Crippen molar-refractivity contribution >= 4 is 22.7 Å². The lowest BCUT2D eigenvalue weighted by atomic mass is 9.98. The van der Waals surface area contributed by atoms with Gasteiger partial charge in [-0.05, 0) is 60.4 Å². The fourth-order valence-electron chi connectivity index (χ4n) is 2.57. The van der Waals surface area contributed by atoms with Crippen molar-refractivity contribution in [3.63, 3.8) is 0 Å². The largest absolute Gasteiger partial charge is 0.151 e. The van der Waals surface area contributed by atoms with E-state index in [1.54, 1.807) is 0 Å². The third-order valence-corrected chi connectivity index (χ3v) is 4.03. The summed E-state index contributed by atoms with van der Waals surface area (Å²) in [4.78, 5) is 0. The van der Waals surface area contributed by atoms with E-state index in [1.807, 2.05) is 73.7 Å². The molecule has 3 rings (SSSR count). The molecule has 0 heterocycles. The zero-order valence-corrected chi connectivity index (χ0v) is 15.3. The molecule has 26 heavy (non-hydrogen) atoms. The fraction of sp³-hybridized carbons (Fsp3) is 0.182. The van der Waals surface area contributed by atoms with E-state index in [-0.39, 0.29) is 0 Å². The van der Waals surface area contributed by atoms with E-state index < -0.39 is 0 Å². The van der Waals surface area contributed by atoms with Crippen molar-refractivity contribution < 1.29 is 0 Å². The summed E-state index contributed by atoms with van der Waals surface area (Å²) in [5.41, 5.74) is 5.54. The summed E-state index contributed by atoms with van der Waals surface area (Å²) >= 11 is 0. The molecular formula is C22H22N4. The van der Waals surface area contributed by atoms with Gasteiger partial charge in [-0.2, -0.15) is 20.5 Å². The highest BCUT2D eigenvalue weighted by molar-refractivity contribution is 5.60. The van der Waals surface area contributed by atoms with Gasteiger partial charge in [-0.3, -0.25) is 0 Å². The maximum Gasteiger partial charge on any atom is 0.0895 e. The molecule has 4 heteroatoms. The Balaban J connectivity index is 1.93. The fourth-order valence-corrected chi connectivity index (χ4v) is 2.57. The average molecular weight is 342 g/mol. The lowest BCUT2D eigenvalue weighted by Crippen LogP contribution is -1.89. The van der Waals surface area contributed by atoms with Gasteiger partial charge >= 0.3 is 0 Å². The van der Waals surface area contributed by atoms with E-state index in [0.717, 1.165) is 33.9 Å². The van der Waals surface area contributed by atoms with Gasteiger partial charge in [0, 0.05) is 0 Å². The second kappa shape index (κ2) is 8.30. The maximum absolute atomic E-state index is 4.47. The highest BCUT2D eigenvalue weighted by Gasteiger charge is 2.10. The van der Waals surface area contributed by atoms with Crippen molar-refractivity contribution in [3.8, 4) is 0 Å². The van der Waals surface area contributed by atoms with Crippen LogP contribution >= 0.6 is 0 Å². The highest BCUT2D eigenvalue weighted by Crippen LogP contribution is 2.35. The number of rotatable bonds is 5. The van der Waals surface area contributed by atoms with Crippen molar-refractivity contribution in [2.45, 2.75) is 26.7 Å². The first-order valence-corrected chi connectivity index (χ1v) is 8.71. The van der Waals surface area contributed by atoms with Gasteiger partial charge in [0.1, 0.15) is 0 Å². The van der Waals surface area contributed by atoms with Crippen LogP contribution in [0.2, 0.25) is 0 Å². The maximum atomic E-state index is 4.47. The van der Waals surface area contributed by atoms with Gasteiger partial charge in [-0.25, -0.2) is 0 Å². The Hall–Kier alpha value is -3.14. The van der Waals surface area contributed by atoms with E-state index >= 15 is 0 Å². The van der Waals surface area contributed by atoms with Crippen LogP contribution < -0.4 is 0 Å². The molecular weight excluding hydrogens is 320 g/mol. The number of aryl methyl sites for hydroxylation is 1. The van der Waals surface area contributed by atoms with Crippen LogP contribution in [0.1, 0.15) is 30.9 Å². The Bertz CT molecular complexity index is 914. The van der Waals surface area contributed by atoms with Gasteiger partial charge < -0.3 is 0 Å². The molecule has 0 unspecified atom stereocenters. The highest BCUT2D eigenvalue weighted by atomic mass is 15.1. The van der Waals surface area contributed by atoms with E-state index in [9.17, 15) is 0 Å². The van der Waals surface area contributed by atoms with Crippen LogP contribution in [0.5, 0.6) is 0 Å². The van der Waals surface area contributed by atoms with Gasteiger partial charge in [0.05, 0.1) is 22.7 Å². The number of hydrogen-bond acceptors (Lipinski definition) is 4. The topological polar surface area (TPSA) is 49.4 Å². The van der Waals surface area contributed by atoms with Crippen molar-refractivity contribution in [2.24, 2.45) is 20.5 Å². The minimum absolute atomic E-state index is 0.311. The van der Waals surface area contributed by atoms with Crippen LogP contribution in [0.4, 0.5) is 22.7 Å². The predicted molar refractivity (Wildman–Crippen MR) is 107 cm³/mol. The summed E-state index contributed by atoms with van der Waals surface area (Å²) in [6.45, 7) is 6.31. The Morgan fingerprint density at radius 1 is 0.615 bits per heavy atom. The summed E-state index contributed by atoms with van der Waals surface area (Å²) < 4.78 is 0. The van der Waals surface area contributed by atoms with Crippen LogP contribution in [0.25, 0.3) is 0 Å². The molecule has 0 saturated heterocycles. The van der Waals surface area contributed by atoms with Crippen LogP contribution in [0, 0.1) is 6.92 Å². The Morgan fingerprint density at radius 2 is 1.12 bits per heavy atom. The first-order chi connectivity index (χ1) is 12.6. The first-order valence-electron chi connectivity index (χ1n) is 8.71. The van der Waals surface area contributed by atoms with Gasteiger partial charge in [0.25, 0.3) is 0 Å². The zero-order chi connectivity index (χ0) is 18.4. The first kappa shape index (κ1) is 17.7. The standard InChI is InChI=1S/C22H22N4/c1-16(2)20-15-21(25-23-18-10-6-4-7-11-18)17(3)14-22(20)26-24-19-12-8-5-9-13-19/h4-16H,1-3H3. The number of azo groups is 2. The monoisotopic (exact) mass is 342 g/mol. The van der Waals surface area contributed by atoms with Crippen molar-refractivity contribution in [1.29, 1.82) is 0 Å². The molecule has 0 bridgehead atoms. The van der Waals surface area contributed by atoms with Crippen molar-refractivity contribution in [1.82, 2.24) is 0 Å². The average Bonchev–Trinajstić information content (AvgIpc) is 2.67. The second-order valence-electron chi connectivity index (χ2n) is 6.42. The predicted octanol–water partition coefficient (Wildman–Crippen LogP) is 7.95. The molecule has 0 fully saturated rings. The summed E-state index contributed by atoms with van der Waals surface area (Å²) in [5, 5.41) is 17.6. The quantitative estimate of drug-likeness (QED) is 0.422. The normalized spacial score (nSPS) is 11.7. The molecule has 3 aromatic rings. The Morgan fingerprint density at radius 3 is 1.62 bits per heavy atom. The van der Waals surface area contributed by atoms with Crippen molar-refractivity contribution in [2.75, 3.05) is 0 Å². The molecule has 3 aromatic carbocycles. The molecule has 0 spiro atoms. The minimum Gasteiger partial charge on any atom is -0.151 e. The lowest BCUT2D eigenvalue weighted by molar-refractivity contribution is 0.862. The third-order valence-electron chi connectivity index (χ3n) is 4.03. The molecule has 4 nitrogen and oxygen atoms in total. The molecule has 130 valence electrons. The van der Waals surface area contributed by atoms with Crippen LogP contribution in [0.3, 0.4) is 0 Å². The molecule has 0 aliphatic heterocycles. The minimum atomic E-state index is 0.311. The Kier molecular flexibility index (Phi) is 5.64. The molecule has 0 aliphatic carbocycles. The van der Waals surface area contributed by atoms with Crippen molar-refractivity contribution in [3.05, 3.63) is 83.9 Å². The third kappa shape index (κ3) is 4.48. The van der Waals surface area contributed by atoms with Gasteiger partial charge in [0.15, 0.2) is 0 Å². The molecule has 0 atom stereocenters. The molecule has 0 aliphatic rings. The van der Waals surface area contributed by atoms with E-state index in [1.165, 1.54) is 0 Å². The van der Waals surface area contributed by atoms with Crippen LogP contribution in [-0.2, 0) is 0 Å². The van der Waals surface area contributed by atoms with Gasteiger partial charge in [-0.15, -0.1) is 0 Å². The second-order valence-corrected chi connectivity index (χ2v) is 6.42. The lowest BCUT2D eigenvalue weighted by Gasteiger charge is -2.11. The summed E-state index contributed by atoms with van der Waals surface area (Å²) in [6, 6.07) is 23.6. The molecule has 0 radical (unpaired) electrons. The number of nitrogens with zero attached hydrogens (tertiary/aromatic N) is 4. The SMILES string of the molecule is Cc1cc(N=Nc2ccccc2)c(C(C)C)cc1N=Nc1ccccc1. The summed E-state index contributed by atoms with van der Waals surface area (Å²) in [6.07, 6.45) is 0. The van der Waals surface area contributed by atoms with Gasteiger partial charge in [0.2, 0.25) is 0 Å². The smallest absolute Gasteiger partial charge is 0.0895 e. The van der Waals surface area contributed by atoms with Gasteiger partial charge in [-0.1, -0.05) is 50.2 Å². The van der Waals surface area contributed by atoms with Crippen LogP contribution in [0.15, 0.2) is 93.3 Å². The van der Waals surface area contributed by atoms with Crippen LogP contribution in [-0.4, -0.2) is 0 Å². The van der Waals surface area contributed by atoms with E-state index in [4.69, 9.17) is 0 Å². The molecule has 0 aromatic heterocycles. The summed E-state index contributed by atoms with van der Waals surface area (Å²) in [7, 11) is 0. The Labute approximate surface area is 154 Å². The number of benzene rings is 3. The van der Waals surface area contributed by atoms with E-state index in [0.29, 0.717) is 5.92 Å². The molecule has 0 amide bonds. The number of hydrogen-bond donors (Lipinski definition) is 0. The molecule has 0 N–H and O–H groups in total. The molecule has 0 saturated carbocycles.